The maximum atomic E-state index is 11.6. The number of Topliss-reactive ketones (excluding diaryl/α,β-unsaturated/α-hetero) is 1. The van der Waals surface area contributed by atoms with E-state index >= 15 is 0 Å². The van der Waals surface area contributed by atoms with E-state index in [0.717, 1.165) is 12.1 Å². The van der Waals surface area contributed by atoms with Crippen molar-refractivity contribution in [3.8, 4) is 0 Å². The van der Waals surface area contributed by atoms with Crippen molar-refractivity contribution >= 4 is 5.78 Å². The van der Waals surface area contributed by atoms with Crippen LogP contribution in [0, 0.1) is 5.41 Å². The highest BCUT2D eigenvalue weighted by atomic mass is 16.1. The zero-order valence-electron chi connectivity index (χ0n) is 11.4. The number of unbranched alkanes of at least 4 members (excludes halogenated alkanes) is 2. The zero-order chi connectivity index (χ0) is 12.3. The summed E-state index contributed by atoms with van der Waals surface area (Å²) < 4.78 is 0. The van der Waals surface area contributed by atoms with Gasteiger partial charge in [0.25, 0.3) is 0 Å². The Labute approximate surface area is 99.7 Å². The van der Waals surface area contributed by atoms with E-state index in [2.05, 4.69) is 39.6 Å². The molecular weight excluding hydrogens is 198 g/mol. The molecule has 0 fully saturated rings. The van der Waals surface area contributed by atoms with Crippen molar-refractivity contribution in [1.82, 2.24) is 4.90 Å². The molecule has 1 rings (SSSR count). The summed E-state index contributed by atoms with van der Waals surface area (Å²) in [6.45, 7) is 9.67. The van der Waals surface area contributed by atoms with Crippen LogP contribution in [0.3, 0.4) is 0 Å². The van der Waals surface area contributed by atoms with Crippen molar-refractivity contribution in [2.24, 2.45) is 5.41 Å². The summed E-state index contributed by atoms with van der Waals surface area (Å²) >= 11 is 0. The van der Waals surface area contributed by atoms with Crippen LogP contribution in [0.25, 0.3) is 0 Å². The van der Waals surface area contributed by atoms with Crippen LogP contribution < -0.4 is 0 Å². The van der Waals surface area contributed by atoms with Crippen molar-refractivity contribution in [3.05, 3.63) is 11.3 Å². The molecule has 1 aliphatic carbocycles. The van der Waals surface area contributed by atoms with E-state index in [1.54, 1.807) is 0 Å². The van der Waals surface area contributed by atoms with Gasteiger partial charge in [0, 0.05) is 24.9 Å². The lowest BCUT2D eigenvalue weighted by Crippen LogP contribution is -2.36. The average Bonchev–Trinajstić information content (AvgIpc) is 2.11. The minimum atomic E-state index is 0.00365. The van der Waals surface area contributed by atoms with E-state index in [-0.39, 0.29) is 5.41 Å². The molecular formula is C14H25NO. The van der Waals surface area contributed by atoms with Crippen molar-refractivity contribution < 1.29 is 4.79 Å². The molecule has 0 aromatic heterocycles. The van der Waals surface area contributed by atoms with E-state index in [1.165, 1.54) is 25.0 Å². The second-order valence-corrected chi connectivity index (χ2v) is 5.80. The quantitative estimate of drug-likeness (QED) is 0.666. The van der Waals surface area contributed by atoms with Gasteiger partial charge in [-0.3, -0.25) is 4.79 Å². The molecule has 0 saturated carbocycles. The summed E-state index contributed by atoms with van der Waals surface area (Å²) in [5, 5.41) is 0. The molecule has 0 bridgehead atoms. The summed E-state index contributed by atoms with van der Waals surface area (Å²) in [4.78, 5) is 13.9. The second kappa shape index (κ2) is 5.03. The zero-order valence-corrected chi connectivity index (χ0v) is 11.4. The molecule has 0 aliphatic heterocycles. The lowest BCUT2D eigenvalue weighted by atomic mass is 9.74. The highest BCUT2D eigenvalue weighted by molar-refractivity contribution is 6.05. The van der Waals surface area contributed by atoms with E-state index in [4.69, 9.17) is 0 Å². The number of hydrogen-bond donors (Lipinski definition) is 0. The monoisotopic (exact) mass is 223 g/mol. The summed E-state index contributed by atoms with van der Waals surface area (Å²) in [5.41, 5.74) is 2.32. The van der Waals surface area contributed by atoms with Gasteiger partial charge < -0.3 is 4.90 Å². The Morgan fingerprint density at radius 1 is 1.25 bits per heavy atom. The van der Waals surface area contributed by atoms with Crippen LogP contribution in [0.1, 0.15) is 53.4 Å². The maximum Gasteiger partial charge on any atom is 0.167 e. The molecule has 0 N–H and O–H groups in total. The molecule has 16 heavy (non-hydrogen) atoms. The molecule has 0 amide bonds. The fourth-order valence-corrected chi connectivity index (χ4v) is 2.29. The predicted octanol–water partition coefficient (Wildman–Crippen LogP) is 3.38. The smallest absolute Gasteiger partial charge is 0.167 e. The van der Waals surface area contributed by atoms with E-state index in [0.29, 0.717) is 12.2 Å². The fourth-order valence-electron chi connectivity index (χ4n) is 2.29. The Morgan fingerprint density at radius 2 is 1.88 bits per heavy atom. The Kier molecular flexibility index (Phi) is 4.17. The minimum absolute atomic E-state index is 0.00365. The first kappa shape index (κ1) is 13.3. The van der Waals surface area contributed by atoms with Crippen molar-refractivity contribution in [3.63, 3.8) is 0 Å². The third-order valence-corrected chi connectivity index (χ3v) is 3.20. The summed E-state index contributed by atoms with van der Waals surface area (Å²) in [6, 6.07) is 0. The Morgan fingerprint density at radius 3 is 2.31 bits per heavy atom. The molecule has 2 heteroatoms. The minimum Gasteiger partial charge on any atom is -0.377 e. The lowest BCUT2D eigenvalue weighted by Gasteiger charge is -2.37. The van der Waals surface area contributed by atoms with Gasteiger partial charge in [-0.1, -0.05) is 40.5 Å². The third kappa shape index (κ3) is 2.87. The van der Waals surface area contributed by atoms with E-state index in [9.17, 15) is 4.79 Å². The number of carbonyl (C=O) groups excluding carboxylic acids is 1. The maximum absolute atomic E-state index is 11.6. The van der Waals surface area contributed by atoms with Crippen LogP contribution in [0.5, 0.6) is 0 Å². The molecule has 0 aromatic carbocycles. The topological polar surface area (TPSA) is 20.3 Å². The van der Waals surface area contributed by atoms with Crippen LogP contribution in [0.2, 0.25) is 0 Å². The van der Waals surface area contributed by atoms with E-state index in [1.807, 2.05) is 0 Å². The van der Waals surface area contributed by atoms with Crippen LogP contribution in [0.15, 0.2) is 11.3 Å². The molecule has 1 aliphatic rings. The van der Waals surface area contributed by atoms with Gasteiger partial charge in [-0.15, -0.1) is 0 Å². The Balaban J connectivity index is 2.65. The van der Waals surface area contributed by atoms with Crippen molar-refractivity contribution in [1.29, 1.82) is 0 Å². The highest BCUT2D eigenvalue weighted by Gasteiger charge is 2.36. The molecule has 0 unspecified atom stereocenters. The number of hydrogen-bond acceptors (Lipinski definition) is 2. The molecule has 0 atom stereocenters. The molecule has 2 nitrogen and oxygen atoms in total. The number of ketones is 1. The summed E-state index contributed by atoms with van der Waals surface area (Å²) in [5.74, 6) is 0.338. The van der Waals surface area contributed by atoms with Gasteiger partial charge in [-0.05, 0) is 11.8 Å². The highest BCUT2D eigenvalue weighted by Crippen LogP contribution is 2.39. The van der Waals surface area contributed by atoms with Gasteiger partial charge >= 0.3 is 0 Å². The summed E-state index contributed by atoms with van der Waals surface area (Å²) in [6.07, 6.45) is 4.39. The Hall–Kier alpha value is -0.790. The summed E-state index contributed by atoms with van der Waals surface area (Å²) in [7, 11) is 2.11. The van der Waals surface area contributed by atoms with Gasteiger partial charge in [-0.2, -0.15) is 0 Å². The number of allylic oxidation sites excluding steroid dienone is 2. The Bertz CT molecular complexity index is 296. The third-order valence-electron chi connectivity index (χ3n) is 3.20. The molecule has 0 aromatic rings. The van der Waals surface area contributed by atoms with Crippen LogP contribution in [-0.4, -0.2) is 24.3 Å². The second-order valence-electron chi connectivity index (χ2n) is 5.80. The standard InChI is InChI=1S/C14H25NO/c1-6-7-8-9-15(5)11-10-12(16)13(11)14(2,3)4/h6-10H2,1-5H3. The van der Waals surface area contributed by atoms with E-state index < -0.39 is 0 Å². The lowest BCUT2D eigenvalue weighted by molar-refractivity contribution is -0.118. The van der Waals surface area contributed by atoms with Crippen LogP contribution in [-0.2, 0) is 4.79 Å². The first-order valence-electron chi connectivity index (χ1n) is 6.36. The number of carbonyl (C=O) groups is 1. The van der Waals surface area contributed by atoms with Crippen molar-refractivity contribution in [2.75, 3.05) is 13.6 Å². The molecule has 0 spiro atoms. The molecule has 92 valence electrons. The number of rotatable bonds is 5. The predicted molar refractivity (Wildman–Crippen MR) is 68.3 cm³/mol. The first-order chi connectivity index (χ1) is 7.38. The number of nitrogens with zero attached hydrogens (tertiary/aromatic N) is 1. The average molecular weight is 223 g/mol. The molecule has 0 radical (unpaired) electrons. The van der Waals surface area contributed by atoms with Gasteiger partial charge in [0.2, 0.25) is 0 Å². The molecule has 0 saturated heterocycles. The van der Waals surface area contributed by atoms with Crippen LogP contribution in [0.4, 0.5) is 0 Å². The SMILES string of the molecule is CCCCCN(C)C1=C(C(C)(C)C)C(=O)C1. The first-order valence-corrected chi connectivity index (χ1v) is 6.36. The van der Waals surface area contributed by atoms with Gasteiger partial charge in [0.15, 0.2) is 5.78 Å². The largest absolute Gasteiger partial charge is 0.377 e. The normalized spacial score (nSPS) is 16.4. The van der Waals surface area contributed by atoms with Gasteiger partial charge in [0.1, 0.15) is 0 Å². The fraction of sp³-hybridized carbons (Fsp3) is 0.786. The van der Waals surface area contributed by atoms with Gasteiger partial charge in [0.05, 0.1) is 6.42 Å². The van der Waals surface area contributed by atoms with Crippen molar-refractivity contribution in [2.45, 2.75) is 53.4 Å². The van der Waals surface area contributed by atoms with Gasteiger partial charge in [-0.25, -0.2) is 0 Å². The van der Waals surface area contributed by atoms with Crippen LogP contribution >= 0.6 is 0 Å². The molecule has 0 heterocycles.